The van der Waals surface area contributed by atoms with Crippen LogP contribution in [0.3, 0.4) is 0 Å². The highest BCUT2D eigenvalue weighted by atomic mass is 16.5. The lowest BCUT2D eigenvalue weighted by Gasteiger charge is -2.38. The van der Waals surface area contributed by atoms with Gasteiger partial charge in [-0.15, -0.1) is 0 Å². The maximum absolute atomic E-state index is 13.3. The molecule has 1 fully saturated rings. The van der Waals surface area contributed by atoms with Gasteiger partial charge in [0.2, 0.25) is 0 Å². The Labute approximate surface area is 162 Å². The first-order valence-corrected chi connectivity index (χ1v) is 9.45. The van der Waals surface area contributed by atoms with E-state index in [2.05, 4.69) is 15.0 Å². The summed E-state index contributed by atoms with van der Waals surface area (Å²) < 4.78 is 5.48. The zero-order valence-electron chi connectivity index (χ0n) is 15.6. The number of hydrogen-bond donors (Lipinski definition) is 1. The van der Waals surface area contributed by atoms with Gasteiger partial charge in [0.05, 0.1) is 24.3 Å². The van der Waals surface area contributed by atoms with E-state index in [4.69, 9.17) is 9.72 Å². The monoisotopic (exact) mass is 376 g/mol. The molecule has 0 spiro atoms. The number of carbonyl (C=O) groups is 1. The zero-order valence-corrected chi connectivity index (χ0v) is 15.6. The Kier molecular flexibility index (Phi) is 3.99. The van der Waals surface area contributed by atoms with Crippen LogP contribution in [0.4, 0.5) is 5.82 Å². The van der Waals surface area contributed by atoms with Crippen molar-refractivity contribution >= 4 is 22.5 Å². The van der Waals surface area contributed by atoms with Crippen molar-refractivity contribution in [3.63, 3.8) is 0 Å². The summed E-state index contributed by atoms with van der Waals surface area (Å²) >= 11 is 0. The Morgan fingerprint density at radius 3 is 2.79 bits per heavy atom. The third-order valence-corrected chi connectivity index (χ3v) is 5.39. The summed E-state index contributed by atoms with van der Waals surface area (Å²) in [6, 6.07) is 6.98. The van der Waals surface area contributed by atoms with E-state index in [1.807, 2.05) is 19.1 Å². The number of pyridine rings is 2. The van der Waals surface area contributed by atoms with E-state index >= 15 is 0 Å². The average molecular weight is 376 g/mol. The molecule has 0 amide bonds. The molecular weight excluding hydrogens is 356 g/mol. The fraction of sp³-hybridized carbons (Fsp3) is 0.286. The molecule has 7 heteroatoms. The van der Waals surface area contributed by atoms with Gasteiger partial charge in [-0.25, -0.2) is 9.99 Å². The number of aromatic nitrogens is 2. The fourth-order valence-corrected chi connectivity index (χ4v) is 4.13. The summed E-state index contributed by atoms with van der Waals surface area (Å²) in [5.74, 6) is 0.723. The van der Waals surface area contributed by atoms with E-state index < -0.39 is 0 Å². The molecule has 142 valence electrons. The molecule has 2 aromatic heterocycles. The third kappa shape index (κ3) is 2.47. The van der Waals surface area contributed by atoms with Gasteiger partial charge in [-0.2, -0.15) is 0 Å². The van der Waals surface area contributed by atoms with Crippen LogP contribution in [0.15, 0.2) is 36.7 Å². The maximum atomic E-state index is 13.3. The number of ether oxygens (including phenoxy) is 1. The third-order valence-electron chi connectivity index (χ3n) is 5.39. The predicted molar refractivity (Wildman–Crippen MR) is 105 cm³/mol. The minimum absolute atomic E-state index is 0.0534. The number of phenols is 1. The summed E-state index contributed by atoms with van der Waals surface area (Å²) in [7, 11) is 0. The number of hydrazine groups is 1. The van der Waals surface area contributed by atoms with Crippen LogP contribution in [0, 0.1) is 0 Å². The number of fused-ring (bicyclic) bond motifs is 5. The molecule has 7 nitrogen and oxygen atoms in total. The summed E-state index contributed by atoms with van der Waals surface area (Å²) in [5, 5.41) is 15.1. The molecule has 1 aromatic carbocycles. The number of aromatic hydroxyl groups is 1. The molecule has 2 aliphatic rings. The van der Waals surface area contributed by atoms with Crippen molar-refractivity contribution in [2.24, 2.45) is 0 Å². The Hall–Kier alpha value is -3.03. The standard InChI is InChI=1S/C21H20N4O3/c1-2-25(24-7-9-28-10-8-24)21-19-18(14-5-6-22-12-16(14)20(19)27)15-4-3-13(26)11-17(15)23-21/h3-6,11-12,26H,2,7-10H2,1H3. The van der Waals surface area contributed by atoms with Gasteiger partial charge in [0, 0.05) is 54.6 Å². The van der Waals surface area contributed by atoms with Gasteiger partial charge in [0.25, 0.3) is 0 Å². The number of carbonyl (C=O) groups excluding carboxylic acids is 1. The number of ketones is 1. The predicted octanol–water partition coefficient (Wildman–Crippen LogP) is 2.62. The molecule has 5 rings (SSSR count). The van der Waals surface area contributed by atoms with Crippen molar-refractivity contribution in [2.75, 3.05) is 37.9 Å². The summed E-state index contributed by atoms with van der Waals surface area (Å²) in [6.45, 7) is 5.49. The second-order valence-corrected chi connectivity index (χ2v) is 6.92. The van der Waals surface area contributed by atoms with Gasteiger partial charge in [0.15, 0.2) is 11.6 Å². The summed E-state index contributed by atoms with van der Waals surface area (Å²) in [4.78, 5) is 22.3. The van der Waals surface area contributed by atoms with Gasteiger partial charge in [-0.1, -0.05) is 0 Å². The second kappa shape index (κ2) is 6.54. The number of rotatable bonds is 3. The normalized spacial score (nSPS) is 16.2. The van der Waals surface area contributed by atoms with Crippen LogP contribution in [0.2, 0.25) is 0 Å². The van der Waals surface area contributed by atoms with Crippen molar-refractivity contribution < 1.29 is 14.6 Å². The molecule has 0 radical (unpaired) electrons. The maximum Gasteiger partial charge on any atom is 0.199 e. The van der Waals surface area contributed by atoms with Crippen LogP contribution in [0.25, 0.3) is 22.0 Å². The molecule has 1 N–H and O–H groups in total. The molecule has 3 aromatic rings. The first-order valence-electron chi connectivity index (χ1n) is 9.45. The number of phenolic OH excluding ortho intramolecular Hbond substituents is 1. The van der Waals surface area contributed by atoms with Crippen molar-refractivity contribution in [3.05, 3.63) is 47.8 Å². The van der Waals surface area contributed by atoms with Crippen LogP contribution < -0.4 is 5.01 Å². The van der Waals surface area contributed by atoms with Crippen molar-refractivity contribution in [1.29, 1.82) is 0 Å². The lowest BCUT2D eigenvalue weighted by Crippen LogP contribution is -2.49. The molecule has 0 unspecified atom stereocenters. The number of hydrogen-bond acceptors (Lipinski definition) is 7. The van der Waals surface area contributed by atoms with E-state index in [9.17, 15) is 9.90 Å². The molecule has 0 bridgehead atoms. The van der Waals surface area contributed by atoms with Crippen LogP contribution in [-0.2, 0) is 4.74 Å². The van der Waals surface area contributed by atoms with E-state index in [0.717, 1.165) is 29.6 Å². The minimum Gasteiger partial charge on any atom is -0.508 e. The van der Waals surface area contributed by atoms with Crippen molar-refractivity contribution in [3.8, 4) is 16.9 Å². The molecule has 1 saturated heterocycles. The number of nitrogens with zero attached hydrogens (tertiary/aromatic N) is 4. The number of morpholine rings is 1. The average Bonchev–Trinajstić information content (AvgIpc) is 3.03. The van der Waals surface area contributed by atoms with E-state index in [1.165, 1.54) is 0 Å². The minimum atomic E-state index is -0.0534. The smallest absolute Gasteiger partial charge is 0.199 e. The molecule has 28 heavy (non-hydrogen) atoms. The Bertz CT molecular complexity index is 1090. The Morgan fingerprint density at radius 2 is 2.00 bits per heavy atom. The van der Waals surface area contributed by atoms with Crippen molar-refractivity contribution in [2.45, 2.75) is 6.92 Å². The van der Waals surface area contributed by atoms with E-state index in [1.54, 1.807) is 24.5 Å². The van der Waals surface area contributed by atoms with Crippen LogP contribution in [0.1, 0.15) is 22.8 Å². The second-order valence-electron chi connectivity index (χ2n) is 6.92. The largest absolute Gasteiger partial charge is 0.508 e. The lowest BCUT2D eigenvalue weighted by molar-refractivity contribution is 0.0318. The van der Waals surface area contributed by atoms with Gasteiger partial charge in [0.1, 0.15) is 5.75 Å². The fourth-order valence-electron chi connectivity index (χ4n) is 4.13. The van der Waals surface area contributed by atoms with E-state index in [-0.39, 0.29) is 11.5 Å². The quantitative estimate of drug-likeness (QED) is 0.589. The topological polar surface area (TPSA) is 78.8 Å². The van der Waals surface area contributed by atoms with Gasteiger partial charge < -0.3 is 9.84 Å². The Morgan fingerprint density at radius 1 is 1.18 bits per heavy atom. The van der Waals surface area contributed by atoms with Crippen LogP contribution in [0.5, 0.6) is 5.75 Å². The van der Waals surface area contributed by atoms with Crippen LogP contribution in [-0.4, -0.2) is 58.7 Å². The lowest BCUT2D eigenvalue weighted by atomic mass is 10.0. The highest BCUT2D eigenvalue weighted by Gasteiger charge is 2.35. The first kappa shape index (κ1) is 17.1. The van der Waals surface area contributed by atoms with E-state index in [0.29, 0.717) is 42.2 Å². The van der Waals surface area contributed by atoms with Crippen LogP contribution >= 0.6 is 0 Å². The molecule has 1 aliphatic carbocycles. The molecule has 0 saturated carbocycles. The summed E-state index contributed by atoms with van der Waals surface area (Å²) in [5.41, 5.74) is 3.60. The van der Waals surface area contributed by atoms with Gasteiger partial charge in [-0.05, 0) is 30.7 Å². The molecule has 0 atom stereocenters. The zero-order chi connectivity index (χ0) is 19.3. The SMILES string of the molecule is CCN(c1nc2cc(O)ccc2c2c1C(=O)c1cnccc1-2)N1CCOCC1. The summed E-state index contributed by atoms with van der Waals surface area (Å²) in [6.07, 6.45) is 3.33. The molecule has 1 aliphatic heterocycles. The van der Waals surface area contributed by atoms with Crippen molar-refractivity contribution in [1.82, 2.24) is 15.0 Å². The first-order chi connectivity index (χ1) is 13.7. The Balaban J connectivity index is 1.80. The van der Waals surface area contributed by atoms with Gasteiger partial charge in [-0.3, -0.25) is 14.8 Å². The molecular formula is C21H20N4O3. The van der Waals surface area contributed by atoms with Gasteiger partial charge >= 0.3 is 0 Å². The highest BCUT2D eigenvalue weighted by Crippen LogP contribution is 2.45. The number of anilines is 1. The number of benzene rings is 1. The molecule has 3 heterocycles. The highest BCUT2D eigenvalue weighted by molar-refractivity contribution is 6.27.